The first-order valence-electron chi connectivity index (χ1n) is 29.5. The Hall–Kier alpha value is -3.88. The first-order valence-corrected chi connectivity index (χ1v) is 29.5. The van der Waals surface area contributed by atoms with Crippen LogP contribution in [0.15, 0.2) is 60.7 Å². The molecule has 0 bridgehead atoms. The van der Waals surface area contributed by atoms with Gasteiger partial charge in [0, 0.05) is 47.8 Å². The van der Waals surface area contributed by atoms with Gasteiger partial charge in [0.25, 0.3) is 0 Å². The van der Waals surface area contributed by atoms with Crippen molar-refractivity contribution in [3.63, 3.8) is 0 Å². The molecular formula is C67H104N2O6. The van der Waals surface area contributed by atoms with E-state index in [9.17, 15) is 5.11 Å². The van der Waals surface area contributed by atoms with Gasteiger partial charge in [0.2, 0.25) is 0 Å². The molecule has 0 radical (unpaired) electrons. The summed E-state index contributed by atoms with van der Waals surface area (Å²) in [5.74, 6) is 1.74. The van der Waals surface area contributed by atoms with E-state index in [0.717, 1.165) is 47.6 Å². The molecular weight excluding hydrogens is 929 g/mol. The van der Waals surface area contributed by atoms with Crippen molar-refractivity contribution in [3.05, 3.63) is 82.9 Å². The Morgan fingerprint density at radius 2 is 1.04 bits per heavy atom. The van der Waals surface area contributed by atoms with Crippen molar-refractivity contribution in [2.75, 3.05) is 20.7 Å². The highest BCUT2D eigenvalue weighted by molar-refractivity contribution is 6.00. The monoisotopic (exact) mass is 1030 g/mol. The summed E-state index contributed by atoms with van der Waals surface area (Å²) in [6, 6.07) is 21.8. The van der Waals surface area contributed by atoms with Gasteiger partial charge < -0.3 is 19.3 Å². The number of aromatic hydroxyl groups is 1. The van der Waals surface area contributed by atoms with Gasteiger partial charge in [-0.15, -0.1) is 0 Å². The molecule has 418 valence electrons. The van der Waals surface area contributed by atoms with Gasteiger partial charge in [0.05, 0.1) is 6.61 Å². The van der Waals surface area contributed by atoms with Crippen molar-refractivity contribution >= 4 is 11.9 Å². The Balaban J connectivity index is 1.19. The number of carbonyl (C=O) groups excluding carboxylic acids is 2. The van der Waals surface area contributed by atoms with Crippen LogP contribution in [-0.2, 0) is 36.3 Å². The standard InChI is InChI=1S/C67H104N2O6/c1-18-19-22-25-47-26-28-49(29-27-47)50-30-32-51(33-31-50)52-34-36-53(37-35-52)73-39-24-21-20-23-38-67(59(71)74-54-43-63(8,9)68(16)64(10,11)44-54,60(72)75-55-45-65(12,13)69(17)66(14,15)46-55)42-48-40-56(61(2,3)4)58(70)57(41-48)62(5,6)7/h30-37,40-41,47,49,54-55,70H,18-29,38-39,42-46H2,1-17H3. The lowest BCUT2D eigenvalue weighted by atomic mass is 9.73. The second-order valence-corrected chi connectivity index (χ2v) is 28.4. The fraction of sp³-hybridized carbons (Fsp3) is 0.701. The number of piperidine rings is 2. The van der Waals surface area contributed by atoms with E-state index in [1.807, 2.05) is 12.1 Å². The van der Waals surface area contributed by atoms with Crippen LogP contribution in [0.25, 0.3) is 11.1 Å². The van der Waals surface area contributed by atoms with Gasteiger partial charge in [-0.05, 0) is 183 Å². The molecule has 8 nitrogen and oxygen atoms in total. The van der Waals surface area contributed by atoms with Crippen molar-refractivity contribution in [1.82, 2.24) is 9.80 Å². The lowest BCUT2D eigenvalue weighted by Gasteiger charge is -2.53. The third kappa shape index (κ3) is 15.0. The fourth-order valence-corrected chi connectivity index (χ4v) is 13.3. The maximum Gasteiger partial charge on any atom is 0.324 e. The number of hydrogen-bond donors (Lipinski definition) is 1. The molecule has 3 fully saturated rings. The zero-order valence-electron chi connectivity index (χ0n) is 50.4. The van der Waals surface area contributed by atoms with E-state index < -0.39 is 28.2 Å². The predicted molar refractivity (Wildman–Crippen MR) is 311 cm³/mol. The predicted octanol–water partition coefficient (Wildman–Crippen LogP) is 16.5. The maximum absolute atomic E-state index is 15.6. The molecule has 3 aromatic carbocycles. The van der Waals surface area contributed by atoms with Gasteiger partial charge in [-0.25, -0.2) is 0 Å². The van der Waals surface area contributed by atoms with E-state index in [1.54, 1.807) is 0 Å². The Bertz CT molecular complexity index is 2210. The fourth-order valence-electron chi connectivity index (χ4n) is 13.3. The Kier molecular flexibility index (Phi) is 19.3. The van der Waals surface area contributed by atoms with Crippen molar-refractivity contribution in [2.24, 2.45) is 11.3 Å². The Morgan fingerprint density at radius 1 is 0.600 bits per heavy atom. The van der Waals surface area contributed by atoms with Gasteiger partial charge in [0.1, 0.15) is 23.7 Å². The molecule has 1 aliphatic carbocycles. The van der Waals surface area contributed by atoms with Crippen LogP contribution in [0.5, 0.6) is 11.5 Å². The second-order valence-electron chi connectivity index (χ2n) is 28.4. The van der Waals surface area contributed by atoms with Crippen molar-refractivity contribution in [3.8, 4) is 22.6 Å². The van der Waals surface area contributed by atoms with E-state index in [2.05, 4.69) is 176 Å². The maximum atomic E-state index is 15.6. The third-order valence-corrected chi connectivity index (χ3v) is 18.6. The van der Waals surface area contributed by atoms with E-state index in [0.29, 0.717) is 44.6 Å². The highest BCUT2D eigenvalue weighted by Gasteiger charge is 2.54. The molecule has 0 unspecified atom stereocenters. The molecule has 3 aliphatic rings. The summed E-state index contributed by atoms with van der Waals surface area (Å²) in [5, 5.41) is 11.8. The topological polar surface area (TPSA) is 88.5 Å². The van der Waals surface area contributed by atoms with Gasteiger partial charge in [0.15, 0.2) is 5.41 Å². The first-order chi connectivity index (χ1) is 34.9. The van der Waals surface area contributed by atoms with Gasteiger partial charge in [-0.2, -0.15) is 0 Å². The molecule has 6 rings (SSSR count). The number of hydrogen-bond acceptors (Lipinski definition) is 8. The number of ether oxygens (including phenoxy) is 3. The van der Waals surface area contributed by atoms with Crippen LogP contribution in [0.2, 0.25) is 0 Å². The van der Waals surface area contributed by atoms with Gasteiger partial charge >= 0.3 is 11.9 Å². The number of unbranched alkanes of at least 4 members (excludes halogenated alkanes) is 5. The summed E-state index contributed by atoms with van der Waals surface area (Å²) in [5.41, 5.74) is 2.97. The summed E-state index contributed by atoms with van der Waals surface area (Å²) in [7, 11) is 4.30. The number of phenols is 1. The largest absolute Gasteiger partial charge is 0.507 e. The highest BCUT2D eigenvalue weighted by atomic mass is 16.6. The van der Waals surface area contributed by atoms with Crippen LogP contribution in [0.3, 0.4) is 0 Å². The molecule has 1 saturated carbocycles. The summed E-state index contributed by atoms with van der Waals surface area (Å²) >= 11 is 0. The lowest BCUT2D eigenvalue weighted by Crippen LogP contribution is -2.61. The zero-order chi connectivity index (χ0) is 55.4. The minimum absolute atomic E-state index is 0.110. The number of esters is 2. The number of nitrogens with zero attached hydrogens (tertiary/aromatic N) is 2. The van der Waals surface area contributed by atoms with Crippen LogP contribution in [0.4, 0.5) is 0 Å². The summed E-state index contributed by atoms with van der Waals surface area (Å²) in [6.07, 6.45) is 16.2. The molecule has 1 N–H and O–H groups in total. The number of benzene rings is 3. The molecule has 2 saturated heterocycles. The Morgan fingerprint density at radius 3 is 1.48 bits per heavy atom. The molecule has 0 spiro atoms. The van der Waals surface area contributed by atoms with Crippen LogP contribution < -0.4 is 4.74 Å². The molecule has 75 heavy (non-hydrogen) atoms. The highest BCUT2D eigenvalue weighted by Crippen LogP contribution is 2.46. The average molecular weight is 1030 g/mol. The molecule has 0 aromatic heterocycles. The zero-order valence-corrected chi connectivity index (χ0v) is 50.4. The molecule has 0 amide bonds. The quantitative estimate of drug-likeness (QED) is 0.0680. The normalized spacial score (nSPS) is 21.7. The number of rotatable bonds is 20. The van der Waals surface area contributed by atoms with Gasteiger partial charge in [-0.3, -0.25) is 19.4 Å². The first kappa shape index (κ1) is 60.4. The van der Waals surface area contributed by atoms with Crippen LogP contribution in [0, 0.1) is 11.3 Å². The molecule has 2 heterocycles. The van der Waals surface area contributed by atoms with E-state index in [4.69, 9.17) is 14.2 Å². The molecule has 8 heteroatoms. The number of phenolic OH excluding ortho intramolecular Hbond substituents is 1. The minimum Gasteiger partial charge on any atom is -0.507 e. The van der Waals surface area contributed by atoms with E-state index in [1.165, 1.54) is 68.1 Å². The summed E-state index contributed by atoms with van der Waals surface area (Å²) in [6.45, 7) is 33.1. The second kappa shape index (κ2) is 24.0. The third-order valence-electron chi connectivity index (χ3n) is 18.6. The molecule has 0 atom stereocenters. The smallest absolute Gasteiger partial charge is 0.324 e. The van der Waals surface area contributed by atoms with Crippen molar-refractivity contribution in [2.45, 2.75) is 271 Å². The summed E-state index contributed by atoms with van der Waals surface area (Å²) < 4.78 is 19.8. The number of likely N-dealkylation sites (tertiary alicyclic amines) is 2. The van der Waals surface area contributed by atoms with Crippen LogP contribution in [-0.4, -0.2) is 81.9 Å². The average Bonchev–Trinajstić information content (AvgIpc) is 3.31. The number of carbonyl (C=O) groups is 2. The van der Waals surface area contributed by atoms with E-state index in [-0.39, 0.29) is 53.0 Å². The van der Waals surface area contributed by atoms with Crippen molar-refractivity contribution < 1.29 is 28.9 Å². The molecule has 2 aliphatic heterocycles. The Labute approximate surface area is 456 Å². The van der Waals surface area contributed by atoms with E-state index >= 15 is 9.59 Å². The van der Waals surface area contributed by atoms with Crippen LogP contribution >= 0.6 is 0 Å². The summed E-state index contributed by atoms with van der Waals surface area (Å²) in [4.78, 5) is 36.0. The van der Waals surface area contributed by atoms with Gasteiger partial charge in [-0.1, -0.05) is 142 Å². The minimum atomic E-state index is -1.62. The van der Waals surface area contributed by atoms with Crippen molar-refractivity contribution in [1.29, 1.82) is 0 Å². The molecule has 3 aromatic rings. The van der Waals surface area contributed by atoms with Crippen LogP contribution in [0.1, 0.15) is 241 Å². The SMILES string of the molecule is CCCCCC1CCC(c2ccc(-c3ccc(OCCCCCCC(Cc4cc(C(C)(C)C)c(O)c(C(C)(C)C)c4)(C(=O)OC4CC(C)(C)N(C)C(C)(C)C4)C(=O)OC4CC(C)(C)N(C)C(C)(C)C4)cc3)cc2)CC1. The lowest BCUT2D eigenvalue weighted by molar-refractivity contribution is -0.188.